The van der Waals surface area contributed by atoms with Gasteiger partial charge in [0.05, 0.1) is 10.2 Å². The number of hydrogen-bond acceptors (Lipinski definition) is 4. The normalized spacial score (nSPS) is 10.7. The van der Waals surface area contributed by atoms with Crippen LogP contribution in [0.4, 0.5) is 5.13 Å². The third kappa shape index (κ3) is 3.35. The van der Waals surface area contributed by atoms with Gasteiger partial charge in [-0.05, 0) is 49.2 Å². The van der Waals surface area contributed by atoms with E-state index in [1.807, 2.05) is 56.3 Å². The molecule has 0 saturated carbocycles. The van der Waals surface area contributed by atoms with Crippen molar-refractivity contribution in [2.45, 2.75) is 13.8 Å². The molecule has 0 saturated heterocycles. The van der Waals surface area contributed by atoms with Gasteiger partial charge in [-0.25, -0.2) is 4.98 Å². The minimum absolute atomic E-state index is 0.00503. The van der Waals surface area contributed by atoms with Crippen molar-refractivity contribution in [2.24, 2.45) is 0 Å². The van der Waals surface area contributed by atoms with Gasteiger partial charge in [-0.15, -0.1) is 0 Å². The van der Waals surface area contributed by atoms with E-state index >= 15 is 0 Å². The molecule has 0 radical (unpaired) electrons. The van der Waals surface area contributed by atoms with Crippen molar-refractivity contribution in [2.75, 3.05) is 18.6 Å². The number of anilines is 1. The molecule has 4 nitrogen and oxygen atoms in total. The molecule has 3 aromatic rings. The van der Waals surface area contributed by atoms with Crippen LogP contribution in [0, 0.1) is 13.8 Å². The molecule has 0 fully saturated rings. The zero-order chi connectivity index (χ0) is 16.4. The molecule has 1 heterocycles. The number of thiazole rings is 1. The molecule has 0 atom stereocenters. The van der Waals surface area contributed by atoms with Crippen LogP contribution in [0.5, 0.6) is 5.75 Å². The van der Waals surface area contributed by atoms with Gasteiger partial charge in [0.25, 0.3) is 5.91 Å². The van der Waals surface area contributed by atoms with Crippen molar-refractivity contribution >= 4 is 32.6 Å². The molecule has 23 heavy (non-hydrogen) atoms. The summed E-state index contributed by atoms with van der Waals surface area (Å²) in [5.41, 5.74) is 3.26. The summed E-state index contributed by atoms with van der Waals surface area (Å²) < 4.78 is 6.67. The average molecular weight is 326 g/mol. The molecule has 0 spiro atoms. The Morgan fingerprint density at radius 2 is 1.96 bits per heavy atom. The molecule has 0 aliphatic carbocycles. The molecule has 0 unspecified atom stereocenters. The number of likely N-dealkylation sites (N-methyl/N-ethyl adjacent to an activating group) is 1. The van der Waals surface area contributed by atoms with Crippen LogP contribution in [0.3, 0.4) is 0 Å². The van der Waals surface area contributed by atoms with Crippen LogP contribution in [-0.2, 0) is 4.79 Å². The zero-order valence-corrected chi connectivity index (χ0v) is 14.2. The van der Waals surface area contributed by atoms with E-state index in [4.69, 9.17) is 4.74 Å². The SMILES string of the molecule is Cc1ccc(OCC(=O)N(C)c2nc3ccccc3s2)cc1C. The maximum Gasteiger partial charge on any atom is 0.266 e. The second kappa shape index (κ2) is 6.38. The number of para-hydroxylation sites is 1. The van der Waals surface area contributed by atoms with Crippen molar-refractivity contribution in [1.29, 1.82) is 0 Å². The Bertz CT molecular complexity index is 824. The summed E-state index contributed by atoms with van der Waals surface area (Å²) >= 11 is 1.50. The number of aryl methyl sites for hydroxylation is 2. The highest BCUT2D eigenvalue weighted by molar-refractivity contribution is 7.22. The van der Waals surface area contributed by atoms with Crippen molar-refractivity contribution in [3.63, 3.8) is 0 Å². The summed E-state index contributed by atoms with van der Waals surface area (Å²) in [7, 11) is 1.73. The van der Waals surface area contributed by atoms with E-state index in [0.29, 0.717) is 10.9 Å². The van der Waals surface area contributed by atoms with Gasteiger partial charge in [0.2, 0.25) is 0 Å². The maximum absolute atomic E-state index is 12.3. The van der Waals surface area contributed by atoms with Crippen LogP contribution >= 0.6 is 11.3 Å². The third-order valence-corrected chi connectivity index (χ3v) is 4.90. The van der Waals surface area contributed by atoms with E-state index in [2.05, 4.69) is 4.98 Å². The van der Waals surface area contributed by atoms with E-state index < -0.39 is 0 Å². The predicted octanol–water partition coefficient (Wildman–Crippen LogP) is 3.95. The summed E-state index contributed by atoms with van der Waals surface area (Å²) in [6.45, 7) is 4.07. The Kier molecular flexibility index (Phi) is 4.30. The Balaban J connectivity index is 1.68. The van der Waals surface area contributed by atoms with E-state index in [1.165, 1.54) is 16.9 Å². The zero-order valence-electron chi connectivity index (χ0n) is 13.4. The average Bonchev–Trinajstić information content (AvgIpc) is 2.99. The van der Waals surface area contributed by atoms with Gasteiger partial charge in [0, 0.05) is 7.05 Å². The number of ether oxygens (including phenoxy) is 1. The lowest BCUT2D eigenvalue weighted by Crippen LogP contribution is -2.31. The Morgan fingerprint density at radius 1 is 1.17 bits per heavy atom. The molecule has 1 aromatic heterocycles. The Morgan fingerprint density at radius 3 is 2.70 bits per heavy atom. The van der Waals surface area contributed by atoms with E-state index in [-0.39, 0.29) is 12.5 Å². The molecule has 1 amide bonds. The maximum atomic E-state index is 12.3. The van der Waals surface area contributed by atoms with Crippen LogP contribution in [0.2, 0.25) is 0 Å². The first kappa shape index (κ1) is 15.5. The quantitative estimate of drug-likeness (QED) is 0.729. The largest absolute Gasteiger partial charge is 0.484 e. The van der Waals surface area contributed by atoms with Crippen molar-refractivity contribution < 1.29 is 9.53 Å². The smallest absolute Gasteiger partial charge is 0.266 e. The van der Waals surface area contributed by atoms with E-state index in [9.17, 15) is 4.79 Å². The fourth-order valence-electron chi connectivity index (χ4n) is 2.16. The summed E-state index contributed by atoms with van der Waals surface area (Å²) in [6, 6.07) is 13.7. The second-order valence-corrected chi connectivity index (χ2v) is 6.46. The number of benzene rings is 2. The number of fused-ring (bicyclic) bond motifs is 1. The number of amides is 1. The van der Waals surface area contributed by atoms with E-state index in [0.717, 1.165) is 15.8 Å². The Hall–Kier alpha value is -2.40. The molecule has 0 aliphatic heterocycles. The standard InChI is InChI=1S/C18H18N2O2S/c1-12-8-9-14(10-13(12)2)22-11-17(21)20(3)18-19-15-6-4-5-7-16(15)23-18/h4-10H,11H2,1-3H3. The lowest BCUT2D eigenvalue weighted by Gasteiger charge is -2.14. The number of carbonyl (C=O) groups is 1. The lowest BCUT2D eigenvalue weighted by atomic mass is 10.1. The molecule has 0 bridgehead atoms. The molecular formula is C18H18N2O2S. The fraction of sp³-hybridized carbons (Fsp3) is 0.222. The highest BCUT2D eigenvalue weighted by Gasteiger charge is 2.16. The van der Waals surface area contributed by atoms with E-state index in [1.54, 1.807) is 11.9 Å². The fourth-order valence-corrected chi connectivity index (χ4v) is 3.10. The van der Waals surface area contributed by atoms with Gasteiger partial charge in [-0.3, -0.25) is 9.69 Å². The van der Waals surface area contributed by atoms with Crippen LogP contribution in [-0.4, -0.2) is 24.5 Å². The molecular weight excluding hydrogens is 308 g/mol. The Labute approximate surface area is 139 Å². The van der Waals surface area contributed by atoms with Gasteiger partial charge in [-0.2, -0.15) is 0 Å². The summed E-state index contributed by atoms with van der Waals surface area (Å²) in [5, 5.41) is 0.680. The van der Waals surface area contributed by atoms with Gasteiger partial charge in [0.15, 0.2) is 11.7 Å². The third-order valence-electron chi connectivity index (χ3n) is 3.78. The molecule has 2 aromatic carbocycles. The van der Waals surface area contributed by atoms with Gasteiger partial charge in [0.1, 0.15) is 5.75 Å². The van der Waals surface area contributed by atoms with Gasteiger partial charge >= 0.3 is 0 Å². The van der Waals surface area contributed by atoms with Crippen molar-refractivity contribution in [3.8, 4) is 5.75 Å². The first-order valence-corrected chi connectivity index (χ1v) is 8.18. The number of nitrogens with zero attached hydrogens (tertiary/aromatic N) is 2. The molecule has 5 heteroatoms. The van der Waals surface area contributed by atoms with Crippen LogP contribution in [0.1, 0.15) is 11.1 Å². The first-order chi connectivity index (χ1) is 11.0. The van der Waals surface area contributed by atoms with Crippen LogP contribution in [0.15, 0.2) is 42.5 Å². The number of aromatic nitrogens is 1. The monoisotopic (exact) mass is 326 g/mol. The van der Waals surface area contributed by atoms with Crippen molar-refractivity contribution in [3.05, 3.63) is 53.6 Å². The number of rotatable bonds is 4. The highest BCUT2D eigenvalue weighted by Crippen LogP contribution is 2.27. The number of hydrogen-bond donors (Lipinski definition) is 0. The molecule has 118 valence electrons. The first-order valence-electron chi connectivity index (χ1n) is 7.37. The topological polar surface area (TPSA) is 42.4 Å². The summed E-state index contributed by atoms with van der Waals surface area (Å²) in [4.78, 5) is 18.3. The lowest BCUT2D eigenvalue weighted by molar-refractivity contribution is -0.120. The summed E-state index contributed by atoms with van der Waals surface area (Å²) in [5.74, 6) is 0.585. The van der Waals surface area contributed by atoms with Crippen LogP contribution < -0.4 is 9.64 Å². The predicted molar refractivity (Wildman–Crippen MR) is 94.4 cm³/mol. The minimum atomic E-state index is -0.123. The minimum Gasteiger partial charge on any atom is -0.484 e. The van der Waals surface area contributed by atoms with Crippen molar-refractivity contribution in [1.82, 2.24) is 4.98 Å². The molecule has 3 rings (SSSR count). The molecule has 0 aliphatic rings. The summed E-state index contributed by atoms with van der Waals surface area (Å²) in [6.07, 6.45) is 0. The van der Waals surface area contributed by atoms with Gasteiger partial charge < -0.3 is 4.74 Å². The highest BCUT2D eigenvalue weighted by atomic mass is 32.1. The molecule has 0 N–H and O–H groups in total. The number of carbonyl (C=O) groups excluding carboxylic acids is 1. The van der Waals surface area contributed by atoms with Crippen LogP contribution in [0.25, 0.3) is 10.2 Å². The van der Waals surface area contributed by atoms with Gasteiger partial charge in [-0.1, -0.05) is 29.5 Å². The second-order valence-electron chi connectivity index (χ2n) is 5.45.